The third-order valence-corrected chi connectivity index (χ3v) is 6.37. The molecule has 1 aromatic carbocycles. The molecule has 0 aliphatic heterocycles. The molecule has 3 aliphatic carbocycles. The van der Waals surface area contributed by atoms with Crippen molar-refractivity contribution >= 4 is 11.4 Å². The summed E-state index contributed by atoms with van der Waals surface area (Å²) in [6.07, 6.45) is 7.48. The Hall–Kier alpha value is -2.56. The van der Waals surface area contributed by atoms with Gasteiger partial charge in [-0.25, -0.2) is 0 Å². The highest BCUT2D eigenvalue weighted by molar-refractivity contribution is 6.46. The van der Waals surface area contributed by atoms with Gasteiger partial charge in [-0.05, 0) is 48.4 Å². The van der Waals surface area contributed by atoms with Gasteiger partial charge < -0.3 is 15.2 Å². The minimum atomic E-state index is -0.261. The molecule has 2 fully saturated rings. The van der Waals surface area contributed by atoms with Crippen molar-refractivity contribution in [2.75, 3.05) is 6.61 Å². The van der Waals surface area contributed by atoms with E-state index >= 15 is 0 Å². The van der Waals surface area contributed by atoms with Gasteiger partial charge in [-0.2, -0.15) is 0 Å². The van der Waals surface area contributed by atoms with Crippen molar-refractivity contribution in [2.45, 2.75) is 38.5 Å². The van der Waals surface area contributed by atoms with Crippen molar-refractivity contribution in [1.29, 1.82) is 0 Å². The van der Waals surface area contributed by atoms with Crippen molar-refractivity contribution in [2.24, 2.45) is 21.6 Å². The fourth-order valence-electron chi connectivity index (χ4n) is 5.09. The van der Waals surface area contributed by atoms with Crippen molar-refractivity contribution in [1.82, 2.24) is 0 Å². The average molecular weight is 352 g/mol. The van der Waals surface area contributed by atoms with Crippen LogP contribution in [0.15, 0.2) is 52.8 Å². The second-order valence-corrected chi connectivity index (χ2v) is 7.63. The molecule has 0 spiro atoms. The number of fused-ring (bicyclic) bond motifs is 5. The Balaban J connectivity index is 1.68. The van der Waals surface area contributed by atoms with Crippen molar-refractivity contribution in [3.8, 4) is 5.75 Å². The lowest BCUT2D eigenvalue weighted by atomic mass is 9.60. The molecule has 0 amide bonds. The number of nitrogens with zero attached hydrogens (tertiary/aromatic N) is 2. The van der Waals surface area contributed by atoms with Crippen LogP contribution in [-0.2, 0) is 6.42 Å². The van der Waals surface area contributed by atoms with Crippen LogP contribution in [0.3, 0.4) is 0 Å². The van der Waals surface area contributed by atoms with Gasteiger partial charge in [-0.3, -0.25) is 0 Å². The zero-order chi connectivity index (χ0) is 18.3. The lowest BCUT2D eigenvalue weighted by Crippen LogP contribution is -2.38. The Bertz CT molecular complexity index is 840. The van der Waals surface area contributed by atoms with Crippen molar-refractivity contribution in [3.63, 3.8) is 0 Å². The summed E-state index contributed by atoms with van der Waals surface area (Å²) >= 11 is 0. The summed E-state index contributed by atoms with van der Waals surface area (Å²) in [7, 11) is 0. The zero-order valence-corrected chi connectivity index (χ0v) is 15.0. The van der Waals surface area contributed by atoms with Crippen LogP contribution in [0.2, 0.25) is 0 Å². The van der Waals surface area contributed by atoms with E-state index in [4.69, 9.17) is 4.74 Å². The first-order chi connectivity index (χ1) is 12.6. The van der Waals surface area contributed by atoms with Gasteiger partial charge in [0, 0.05) is 17.8 Å². The molecule has 0 saturated heterocycles. The number of rotatable bonds is 3. The Morgan fingerprint density at radius 2 is 2.19 bits per heavy atom. The minimum Gasteiger partial charge on any atom is -0.490 e. The van der Waals surface area contributed by atoms with Crippen LogP contribution in [0.5, 0.6) is 5.75 Å². The monoisotopic (exact) mass is 352 g/mol. The van der Waals surface area contributed by atoms with Crippen LogP contribution in [-0.4, -0.2) is 28.4 Å². The van der Waals surface area contributed by atoms with E-state index in [1.807, 2.05) is 6.07 Å². The van der Waals surface area contributed by atoms with E-state index in [1.165, 1.54) is 16.7 Å². The topological polar surface area (TPSA) is 74.4 Å². The molecule has 3 atom stereocenters. The quantitative estimate of drug-likeness (QED) is 0.484. The predicted molar refractivity (Wildman–Crippen MR) is 101 cm³/mol. The summed E-state index contributed by atoms with van der Waals surface area (Å²) < 4.78 is 5.67. The number of allylic oxidation sites excluding steroid dienone is 2. The maximum absolute atomic E-state index is 9.48. The summed E-state index contributed by atoms with van der Waals surface area (Å²) in [5.41, 5.74) is 4.87. The molecule has 136 valence electrons. The summed E-state index contributed by atoms with van der Waals surface area (Å²) in [6.45, 7) is 6.33. The van der Waals surface area contributed by atoms with Crippen LogP contribution in [0.1, 0.15) is 43.2 Å². The van der Waals surface area contributed by atoms with Crippen molar-refractivity contribution < 1.29 is 15.2 Å². The standard InChI is InChI=1S/C21H24N2O3/c1-3-10-26-14-5-7-15-13(11-14)4-6-17-16(15)8-9-21(2)18(17)12-19(22-24)20(21)23-25/h3,5-7,11,16,18,24-25H,1,4,8-10,12H2,2H3/b22-19+,23-20+. The number of hydrogen-bond acceptors (Lipinski definition) is 5. The highest BCUT2D eigenvalue weighted by atomic mass is 16.5. The average Bonchev–Trinajstić information content (AvgIpc) is 2.97. The molecule has 2 N–H and O–H groups in total. The second kappa shape index (κ2) is 6.31. The molecular weight excluding hydrogens is 328 g/mol. The first kappa shape index (κ1) is 16.9. The fraction of sp³-hybridized carbons (Fsp3) is 0.429. The normalized spacial score (nSPS) is 32.6. The lowest BCUT2D eigenvalue weighted by Gasteiger charge is -2.44. The second-order valence-electron chi connectivity index (χ2n) is 7.63. The molecule has 26 heavy (non-hydrogen) atoms. The molecule has 0 radical (unpaired) electrons. The molecule has 5 nitrogen and oxygen atoms in total. The fourth-order valence-corrected chi connectivity index (χ4v) is 5.09. The molecule has 0 bridgehead atoms. The third-order valence-electron chi connectivity index (χ3n) is 6.37. The van der Waals surface area contributed by atoms with Crippen LogP contribution in [0.25, 0.3) is 0 Å². The van der Waals surface area contributed by atoms with Crippen LogP contribution < -0.4 is 4.74 Å². The first-order valence-electron chi connectivity index (χ1n) is 9.12. The summed E-state index contributed by atoms with van der Waals surface area (Å²) in [4.78, 5) is 0. The molecular formula is C21H24N2O3. The van der Waals surface area contributed by atoms with Gasteiger partial charge in [-0.15, -0.1) is 0 Å². The maximum Gasteiger partial charge on any atom is 0.120 e. The van der Waals surface area contributed by atoms with E-state index in [0.29, 0.717) is 30.4 Å². The molecule has 0 heterocycles. The number of benzene rings is 1. The Morgan fingerprint density at radius 1 is 1.35 bits per heavy atom. The predicted octanol–water partition coefficient (Wildman–Crippen LogP) is 4.30. The van der Waals surface area contributed by atoms with Gasteiger partial charge in [0.25, 0.3) is 0 Å². The van der Waals surface area contributed by atoms with E-state index in [2.05, 4.69) is 42.0 Å². The van der Waals surface area contributed by atoms with E-state index < -0.39 is 0 Å². The van der Waals surface area contributed by atoms with Gasteiger partial charge in [0.2, 0.25) is 0 Å². The van der Waals surface area contributed by atoms with E-state index in [-0.39, 0.29) is 11.3 Å². The number of ether oxygens (including phenoxy) is 1. The van der Waals surface area contributed by atoms with E-state index in [1.54, 1.807) is 6.08 Å². The molecule has 2 saturated carbocycles. The van der Waals surface area contributed by atoms with Crippen LogP contribution in [0.4, 0.5) is 0 Å². The molecule has 3 unspecified atom stereocenters. The van der Waals surface area contributed by atoms with Crippen LogP contribution in [0, 0.1) is 11.3 Å². The molecule has 4 rings (SSSR count). The largest absolute Gasteiger partial charge is 0.490 e. The van der Waals surface area contributed by atoms with Gasteiger partial charge >= 0.3 is 0 Å². The molecule has 5 heteroatoms. The van der Waals surface area contributed by atoms with Gasteiger partial charge in [0.15, 0.2) is 0 Å². The van der Waals surface area contributed by atoms with E-state index in [0.717, 1.165) is 25.0 Å². The van der Waals surface area contributed by atoms with Crippen LogP contribution >= 0.6 is 0 Å². The smallest absolute Gasteiger partial charge is 0.120 e. The minimum absolute atomic E-state index is 0.225. The maximum atomic E-state index is 9.48. The first-order valence-corrected chi connectivity index (χ1v) is 9.12. The molecule has 1 aromatic rings. The van der Waals surface area contributed by atoms with Crippen molar-refractivity contribution in [3.05, 3.63) is 53.6 Å². The highest BCUT2D eigenvalue weighted by Gasteiger charge is 2.54. The summed E-state index contributed by atoms with van der Waals surface area (Å²) in [5.74, 6) is 1.48. The SMILES string of the molecule is C=CCOc1ccc2c(c1)CC=C1C2CCC2(C)C(=N/O)/C(=N/O)CC12. The van der Waals surface area contributed by atoms with Gasteiger partial charge in [0.05, 0.1) is 0 Å². The number of hydrogen-bond donors (Lipinski definition) is 2. The highest BCUT2D eigenvalue weighted by Crippen LogP contribution is 2.57. The Morgan fingerprint density at radius 3 is 2.92 bits per heavy atom. The van der Waals surface area contributed by atoms with Gasteiger partial charge in [0.1, 0.15) is 23.8 Å². The van der Waals surface area contributed by atoms with E-state index in [9.17, 15) is 10.4 Å². The Kier molecular flexibility index (Phi) is 4.10. The molecule has 3 aliphatic rings. The molecule has 0 aromatic heterocycles. The van der Waals surface area contributed by atoms with Gasteiger partial charge in [-0.1, -0.05) is 47.6 Å². The third kappa shape index (κ3) is 2.37. The lowest BCUT2D eigenvalue weighted by molar-refractivity contribution is 0.244. The Labute approximate surface area is 153 Å². The zero-order valence-electron chi connectivity index (χ0n) is 15.0. The summed E-state index contributed by atoms with van der Waals surface area (Å²) in [6, 6.07) is 6.36. The summed E-state index contributed by atoms with van der Waals surface area (Å²) in [5, 5.41) is 25.7. The number of oxime groups is 2.